The van der Waals surface area contributed by atoms with Gasteiger partial charge in [0.25, 0.3) is 0 Å². The van der Waals surface area contributed by atoms with E-state index in [0.717, 1.165) is 29.2 Å². The van der Waals surface area contributed by atoms with Crippen LogP contribution in [0.4, 0.5) is 5.13 Å². The number of nitrogens with one attached hydrogen (secondary N) is 1. The third-order valence-corrected chi connectivity index (χ3v) is 6.59. The van der Waals surface area contributed by atoms with E-state index < -0.39 is 0 Å². The van der Waals surface area contributed by atoms with Gasteiger partial charge in [0.2, 0.25) is 5.91 Å². The molecule has 0 fully saturated rings. The van der Waals surface area contributed by atoms with E-state index in [1.54, 1.807) is 11.8 Å². The van der Waals surface area contributed by atoms with Crippen LogP contribution in [0.5, 0.6) is 11.5 Å². The number of carbonyl (C=O) groups excluding carboxylic acids is 1. The predicted molar refractivity (Wildman–Crippen MR) is 107 cm³/mol. The topological polar surface area (TPSA) is 60.5 Å². The number of benzene rings is 2. The Balaban J connectivity index is 1.29. The van der Waals surface area contributed by atoms with Gasteiger partial charge in [0, 0.05) is 15.8 Å². The van der Waals surface area contributed by atoms with E-state index in [1.807, 2.05) is 35.7 Å². The van der Waals surface area contributed by atoms with Crippen LogP contribution in [-0.2, 0) is 11.2 Å². The Kier molecular flexibility index (Phi) is 4.26. The minimum absolute atomic E-state index is 0.000672. The van der Waals surface area contributed by atoms with E-state index in [-0.39, 0.29) is 11.2 Å². The van der Waals surface area contributed by atoms with Crippen molar-refractivity contribution in [3.05, 3.63) is 53.4 Å². The first-order valence-electron chi connectivity index (χ1n) is 8.67. The molecule has 1 atom stereocenters. The Hall–Kier alpha value is -2.51. The number of thioether (sulfide) groups is 1. The van der Waals surface area contributed by atoms with E-state index in [2.05, 4.69) is 22.4 Å². The molecule has 0 spiro atoms. The van der Waals surface area contributed by atoms with Crippen molar-refractivity contribution in [3.8, 4) is 22.8 Å². The Morgan fingerprint density at radius 3 is 2.85 bits per heavy atom. The largest absolute Gasteiger partial charge is 0.486 e. The molecule has 0 bridgehead atoms. The lowest BCUT2D eigenvalue weighted by atomic mass is 10.1. The van der Waals surface area contributed by atoms with Crippen molar-refractivity contribution >= 4 is 34.1 Å². The number of rotatable bonds is 3. The van der Waals surface area contributed by atoms with Crippen molar-refractivity contribution in [2.24, 2.45) is 0 Å². The highest BCUT2D eigenvalue weighted by Gasteiger charge is 2.28. The van der Waals surface area contributed by atoms with Crippen molar-refractivity contribution in [1.29, 1.82) is 0 Å². The van der Waals surface area contributed by atoms with Crippen molar-refractivity contribution in [1.82, 2.24) is 4.98 Å². The third-order valence-electron chi connectivity index (χ3n) is 4.51. The minimum atomic E-state index is -0.107. The molecular formula is C20H16N2O3S2. The molecule has 2 aromatic carbocycles. The average Bonchev–Trinajstić information content (AvgIpc) is 3.34. The number of fused-ring (bicyclic) bond motifs is 2. The summed E-state index contributed by atoms with van der Waals surface area (Å²) in [4.78, 5) is 18.4. The maximum Gasteiger partial charge on any atom is 0.239 e. The van der Waals surface area contributed by atoms with Gasteiger partial charge in [0.05, 0.1) is 10.9 Å². The first-order chi connectivity index (χ1) is 13.3. The molecule has 3 heterocycles. The molecule has 1 unspecified atom stereocenters. The van der Waals surface area contributed by atoms with Gasteiger partial charge < -0.3 is 14.8 Å². The number of aromatic nitrogens is 1. The third kappa shape index (κ3) is 3.28. The molecule has 1 aromatic heterocycles. The highest BCUT2D eigenvalue weighted by molar-refractivity contribution is 8.01. The van der Waals surface area contributed by atoms with Gasteiger partial charge in [-0.2, -0.15) is 0 Å². The standard InChI is InChI=1S/C20H16N2O3S2/c23-19(18-10-13-3-1-2-4-17(13)27-18)22-20-21-14(11-26-20)12-5-6-15-16(9-12)25-8-7-24-15/h1-6,9,11,18H,7-8,10H2,(H,21,22,23). The van der Waals surface area contributed by atoms with Crippen molar-refractivity contribution in [3.63, 3.8) is 0 Å². The Morgan fingerprint density at radius 2 is 1.96 bits per heavy atom. The fourth-order valence-electron chi connectivity index (χ4n) is 3.18. The molecule has 0 radical (unpaired) electrons. The first-order valence-corrected chi connectivity index (χ1v) is 10.4. The first kappa shape index (κ1) is 16.6. The lowest BCUT2D eigenvalue weighted by molar-refractivity contribution is -0.115. The molecule has 0 saturated heterocycles. The summed E-state index contributed by atoms with van der Waals surface area (Å²) in [6.45, 7) is 1.12. The lowest BCUT2D eigenvalue weighted by Gasteiger charge is -2.18. The maximum atomic E-state index is 12.6. The monoisotopic (exact) mass is 396 g/mol. The fraction of sp³-hybridized carbons (Fsp3) is 0.200. The van der Waals surface area contributed by atoms with Crippen LogP contribution in [0.15, 0.2) is 52.7 Å². The molecule has 2 aliphatic heterocycles. The van der Waals surface area contributed by atoms with Gasteiger partial charge in [-0.25, -0.2) is 4.98 Å². The molecule has 3 aromatic rings. The summed E-state index contributed by atoms with van der Waals surface area (Å²) in [5.41, 5.74) is 2.99. The van der Waals surface area contributed by atoms with Crippen LogP contribution in [0, 0.1) is 0 Å². The van der Waals surface area contributed by atoms with E-state index in [0.29, 0.717) is 18.3 Å². The summed E-state index contributed by atoms with van der Waals surface area (Å²) in [7, 11) is 0. The smallest absolute Gasteiger partial charge is 0.239 e. The number of nitrogens with zero attached hydrogens (tertiary/aromatic N) is 1. The molecule has 27 heavy (non-hydrogen) atoms. The molecule has 5 nitrogen and oxygen atoms in total. The number of amides is 1. The second-order valence-electron chi connectivity index (χ2n) is 6.30. The second kappa shape index (κ2) is 6.90. The van der Waals surface area contributed by atoms with Gasteiger partial charge in [0.15, 0.2) is 16.6 Å². The highest BCUT2D eigenvalue weighted by atomic mass is 32.2. The van der Waals surface area contributed by atoms with Gasteiger partial charge in [0.1, 0.15) is 13.2 Å². The highest BCUT2D eigenvalue weighted by Crippen LogP contribution is 2.38. The van der Waals surface area contributed by atoms with Crippen LogP contribution in [-0.4, -0.2) is 29.4 Å². The van der Waals surface area contributed by atoms with Crippen LogP contribution in [0.25, 0.3) is 11.3 Å². The summed E-state index contributed by atoms with van der Waals surface area (Å²) >= 11 is 3.04. The zero-order valence-electron chi connectivity index (χ0n) is 14.3. The molecule has 7 heteroatoms. The van der Waals surface area contributed by atoms with E-state index >= 15 is 0 Å². The van der Waals surface area contributed by atoms with E-state index in [4.69, 9.17) is 9.47 Å². The second-order valence-corrected chi connectivity index (χ2v) is 8.41. The summed E-state index contributed by atoms with van der Waals surface area (Å²) in [6.07, 6.45) is 0.757. The molecule has 5 rings (SSSR count). The van der Waals surface area contributed by atoms with E-state index in [1.165, 1.54) is 21.8 Å². The maximum absolute atomic E-state index is 12.6. The number of ether oxygens (including phenoxy) is 2. The summed E-state index contributed by atoms with van der Waals surface area (Å²) in [6, 6.07) is 14.0. The lowest BCUT2D eigenvalue weighted by Crippen LogP contribution is -2.24. The van der Waals surface area contributed by atoms with Gasteiger partial charge in [-0.1, -0.05) is 18.2 Å². The number of hydrogen-bond acceptors (Lipinski definition) is 6. The quantitative estimate of drug-likeness (QED) is 0.718. The SMILES string of the molecule is O=C(Nc1nc(-c2ccc3c(c2)OCCO3)cs1)C1Cc2ccccc2S1. The summed E-state index contributed by atoms with van der Waals surface area (Å²) in [5, 5.41) is 5.41. The van der Waals surface area contributed by atoms with Crippen molar-refractivity contribution in [2.45, 2.75) is 16.6 Å². The number of carbonyl (C=O) groups is 1. The predicted octanol–water partition coefficient (Wildman–Crippen LogP) is 4.24. The average molecular weight is 396 g/mol. The van der Waals surface area contributed by atoms with Crippen LogP contribution in [0.2, 0.25) is 0 Å². The zero-order chi connectivity index (χ0) is 18.2. The van der Waals surface area contributed by atoms with Crippen LogP contribution in [0.1, 0.15) is 5.56 Å². The van der Waals surface area contributed by atoms with Crippen LogP contribution in [0.3, 0.4) is 0 Å². The van der Waals surface area contributed by atoms with E-state index in [9.17, 15) is 4.79 Å². The van der Waals surface area contributed by atoms with Gasteiger partial charge >= 0.3 is 0 Å². The molecule has 2 aliphatic rings. The normalized spacial score (nSPS) is 17.4. The number of hydrogen-bond donors (Lipinski definition) is 1. The molecule has 136 valence electrons. The minimum Gasteiger partial charge on any atom is -0.486 e. The molecule has 1 amide bonds. The summed E-state index contributed by atoms with van der Waals surface area (Å²) in [5.74, 6) is 1.49. The van der Waals surface area contributed by atoms with Crippen molar-refractivity contribution in [2.75, 3.05) is 18.5 Å². The molecule has 1 N–H and O–H groups in total. The van der Waals surface area contributed by atoms with Crippen LogP contribution < -0.4 is 14.8 Å². The Bertz CT molecular complexity index is 993. The fourth-order valence-corrected chi connectivity index (χ4v) is 5.10. The van der Waals surface area contributed by atoms with Gasteiger partial charge in [-0.05, 0) is 36.2 Å². The molecular weight excluding hydrogens is 380 g/mol. The number of thiazole rings is 1. The summed E-state index contributed by atoms with van der Waals surface area (Å²) < 4.78 is 11.2. The Morgan fingerprint density at radius 1 is 1.11 bits per heavy atom. The Labute approximate surface area is 164 Å². The molecule has 0 saturated carbocycles. The van der Waals surface area contributed by atoms with Gasteiger partial charge in [-0.3, -0.25) is 4.79 Å². The number of anilines is 1. The van der Waals surface area contributed by atoms with Crippen molar-refractivity contribution < 1.29 is 14.3 Å². The zero-order valence-corrected chi connectivity index (χ0v) is 15.9. The molecule has 0 aliphatic carbocycles. The van der Waals surface area contributed by atoms with Crippen LogP contribution >= 0.6 is 23.1 Å². The van der Waals surface area contributed by atoms with Gasteiger partial charge in [-0.15, -0.1) is 23.1 Å².